The molecular formula is C21H23NO3. The minimum Gasteiger partial charge on any atom is -0.478 e. The summed E-state index contributed by atoms with van der Waals surface area (Å²) >= 11 is 0. The van der Waals surface area contributed by atoms with Gasteiger partial charge in [-0.2, -0.15) is 0 Å². The predicted molar refractivity (Wildman–Crippen MR) is 95.3 cm³/mol. The van der Waals surface area contributed by atoms with E-state index in [0.29, 0.717) is 25.4 Å². The molecule has 0 radical (unpaired) electrons. The van der Waals surface area contributed by atoms with Crippen molar-refractivity contribution in [2.45, 2.75) is 38.1 Å². The van der Waals surface area contributed by atoms with Gasteiger partial charge in [-0.05, 0) is 43.5 Å². The van der Waals surface area contributed by atoms with E-state index in [4.69, 9.17) is 9.47 Å². The van der Waals surface area contributed by atoms with E-state index >= 15 is 0 Å². The summed E-state index contributed by atoms with van der Waals surface area (Å²) < 4.78 is 12.1. The number of nitrogens with zero attached hydrogens (tertiary/aromatic N) is 1. The molecule has 1 saturated heterocycles. The summed E-state index contributed by atoms with van der Waals surface area (Å²) in [5, 5.41) is 0. The van der Waals surface area contributed by atoms with Crippen LogP contribution in [0.1, 0.15) is 31.4 Å². The van der Waals surface area contributed by atoms with Crippen LogP contribution >= 0.6 is 0 Å². The average Bonchev–Trinajstić information content (AvgIpc) is 3.21. The van der Waals surface area contributed by atoms with E-state index in [2.05, 4.69) is 12.1 Å². The Balaban J connectivity index is 1.51. The molecule has 1 amide bonds. The van der Waals surface area contributed by atoms with Gasteiger partial charge < -0.3 is 14.4 Å². The van der Waals surface area contributed by atoms with Gasteiger partial charge in [-0.3, -0.25) is 4.79 Å². The van der Waals surface area contributed by atoms with Crippen molar-refractivity contribution in [2.75, 3.05) is 13.1 Å². The molecule has 1 fully saturated rings. The molecule has 2 aromatic rings. The van der Waals surface area contributed by atoms with Gasteiger partial charge in [-0.1, -0.05) is 42.5 Å². The lowest BCUT2D eigenvalue weighted by Gasteiger charge is -2.31. The maximum absolute atomic E-state index is 13.1. The summed E-state index contributed by atoms with van der Waals surface area (Å²) in [4.78, 5) is 14.9. The van der Waals surface area contributed by atoms with Crippen molar-refractivity contribution in [2.24, 2.45) is 0 Å². The topological polar surface area (TPSA) is 38.8 Å². The standard InChI is InChI=1S/C21H23NO3/c1-20(2,25-17-9-4-3-5-10-17)19(23)22-13-12-21(15-22)18-11-7-6-8-16(18)14-24-21/h3-11H,12-15H2,1-2H3. The van der Waals surface area contributed by atoms with E-state index in [0.717, 1.165) is 6.42 Å². The average molecular weight is 337 g/mol. The van der Waals surface area contributed by atoms with Gasteiger partial charge in [-0.15, -0.1) is 0 Å². The van der Waals surface area contributed by atoms with Crippen molar-refractivity contribution in [1.82, 2.24) is 4.90 Å². The highest BCUT2D eigenvalue weighted by Gasteiger charge is 2.49. The van der Waals surface area contributed by atoms with Crippen LogP contribution in [0.25, 0.3) is 0 Å². The van der Waals surface area contributed by atoms with E-state index in [-0.39, 0.29) is 11.5 Å². The first-order valence-corrected chi connectivity index (χ1v) is 8.76. The number of hydrogen-bond acceptors (Lipinski definition) is 3. The highest BCUT2D eigenvalue weighted by Crippen LogP contribution is 2.43. The van der Waals surface area contributed by atoms with Gasteiger partial charge in [0, 0.05) is 6.54 Å². The van der Waals surface area contributed by atoms with Crippen LogP contribution in [0.4, 0.5) is 0 Å². The van der Waals surface area contributed by atoms with Crippen LogP contribution in [0.15, 0.2) is 54.6 Å². The summed E-state index contributed by atoms with van der Waals surface area (Å²) in [5.74, 6) is 0.707. The zero-order chi connectivity index (χ0) is 17.5. The molecule has 1 spiro atoms. The molecule has 2 aliphatic rings. The number of hydrogen-bond donors (Lipinski definition) is 0. The summed E-state index contributed by atoms with van der Waals surface area (Å²) in [6.45, 7) is 5.56. The fraction of sp³-hybridized carbons (Fsp3) is 0.381. The molecule has 0 aromatic heterocycles. The maximum atomic E-state index is 13.1. The molecule has 4 heteroatoms. The lowest BCUT2D eigenvalue weighted by molar-refractivity contribution is -0.145. The Hall–Kier alpha value is -2.33. The Morgan fingerprint density at radius 2 is 1.84 bits per heavy atom. The zero-order valence-electron chi connectivity index (χ0n) is 14.7. The lowest BCUT2D eigenvalue weighted by atomic mass is 9.92. The van der Waals surface area contributed by atoms with E-state index in [1.807, 2.05) is 61.2 Å². The molecule has 4 nitrogen and oxygen atoms in total. The van der Waals surface area contributed by atoms with Crippen LogP contribution in [0, 0.1) is 0 Å². The third-order valence-electron chi connectivity index (χ3n) is 5.16. The fourth-order valence-corrected chi connectivity index (χ4v) is 3.88. The van der Waals surface area contributed by atoms with Crippen LogP contribution in [-0.2, 0) is 21.7 Å². The van der Waals surface area contributed by atoms with Crippen molar-refractivity contribution < 1.29 is 14.3 Å². The number of carbonyl (C=O) groups is 1. The van der Waals surface area contributed by atoms with Gasteiger partial charge in [0.1, 0.15) is 11.4 Å². The highest BCUT2D eigenvalue weighted by atomic mass is 16.5. The molecule has 0 aliphatic carbocycles. The van der Waals surface area contributed by atoms with Gasteiger partial charge in [0.25, 0.3) is 5.91 Å². The summed E-state index contributed by atoms with van der Waals surface area (Å²) in [7, 11) is 0. The quantitative estimate of drug-likeness (QED) is 0.860. The van der Waals surface area contributed by atoms with Gasteiger partial charge in [0.15, 0.2) is 5.60 Å². The van der Waals surface area contributed by atoms with Crippen LogP contribution in [0.3, 0.4) is 0 Å². The molecule has 0 N–H and O–H groups in total. The molecule has 0 bridgehead atoms. The minimum atomic E-state index is -0.912. The Morgan fingerprint density at radius 1 is 1.12 bits per heavy atom. The first kappa shape index (κ1) is 16.2. The molecule has 1 atom stereocenters. The third-order valence-corrected chi connectivity index (χ3v) is 5.16. The maximum Gasteiger partial charge on any atom is 0.266 e. The monoisotopic (exact) mass is 337 g/mol. The number of rotatable bonds is 3. The van der Waals surface area contributed by atoms with Crippen LogP contribution in [0.2, 0.25) is 0 Å². The van der Waals surface area contributed by atoms with Gasteiger partial charge in [0.2, 0.25) is 0 Å². The minimum absolute atomic E-state index is 0.00112. The van der Waals surface area contributed by atoms with Crippen molar-refractivity contribution >= 4 is 5.91 Å². The third kappa shape index (κ3) is 2.81. The number of ether oxygens (including phenoxy) is 2. The highest BCUT2D eigenvalue weighted by molar-refractivity contribution is 5.85. The Bertz CT molecular complexity index is 787. The molecule has 2 aliphatic heterocycles. The Labute approximate surface area is 148 Å². The number of likely N-dealkylation sites (tertiary alicyclic amines) is 1. The zero-order valence-corrected chi connectivity index (χ0v) is 14.7. The number of benzene rings is 2. The summed E-state index contributed by atoms with van der Waals surface area (Å²) in [6.07, 6.45) is 0.831. The SMILES string of the molecule is CC(C)(Oc1ccccc1)C(=O)N1CCC2(C1)OCc1ccccc12. The number of fused-ring (bicyclic) bond motifs is 2. The van der Waals surface area contributed by atoms with Crippen LogP contribution < -0.4 is 4.74 Å². The van der Waals surface area contributed by atoms with Crippen molar-refractivity contribution in [3.8, 4) is 5.75 Å². The van der Waals surface area contributed by atoms with E-state index < -0.39 is 5.60 Å². The second-order valence-corrected chi connectivity index (χ2v) is 7.34. The normalized spacial score (nSPS) is 22.2. The van der Waals surface area contributed by atoms with E-state index in [1.54, 1.807) is 0 Å². The molecule has 4 rings (SSSR count). The van der Waals surface area contributed by atoms with Gasteiger partial charge in [0.05, 0.1) is 13.2 Å². The second-order valence-electron chi connectivity index (χ2n) is 7.34. The molecular weight excluding hydrogens is 314 g/mol. The molecule has 2 aromatic carbocycles. The van der Waals surface area contributed by atoms with Crippen molar-refractivity contribution in [1.29, 1.82) is 0 Å². The van der Waals surface area contributed by atoms with Gasteiger partial charge in [-0.25, -0.2) is 0 Å². The Kier molecular flexibility index (Phi) is 3.80. The molecule has 2 heterocycles. The van der Waals surface area contributed by atoms with Gasteiger partial charge >= 0.3 is 0 Å². The number of para-hydroxylation sites is 1. The van der Waals surface area contributed by atoms with Crippen LogP contribution in [0.5, 0.6) is 5.75 Å². The van der Waals surface area contributed by atoms with Crippen molar-refractivity contribution in [3.63, 3.8) is 0 Å². The summed E-state index contributed by atoms with van der Waals surface area (Å²) in [6, 6.07) is 17.8. The number of amides is 1. The fourth-order valence-electron chi connectivity index (χ4n) is 3.88. The molecule has 130 valence electrons. The smallest absolute Gasteiger partial charge is 0.266 e. The molecule has 0 saturated carbocycles. The summed E-state index contributed by atoms with van der Waals surface area (Å²) in [5.41, 5.74) is 1.20. The van der Waals surface area contributed by atoms with E-state index in [1.165, 1.54) is 11.1 Å². The van der Waals surface area contributed by atoms with Crippen molar-refractivity contribution in [3.05, 3.63) is 65.7 Å². The molecule has 1 unspecified atom stereocenters. The van der Waals surface area contributed by atoms with E-state index in [9.17, 15) is 4.79 Å². The second kappa shape index (κ2) is 5.88. The predicted octanol–water partition coefficient (Wildman–Crippen LogP) is 3.50. The Morgan fingerprint density at radius 3 is 2.64 bits per heavy atom. The largest absolute Gasteiger partial charge is 0.478 e. The molecule has 25 heavy (non-hydrogen) atoms. The number of carbonyl (C=O) groups excluding carboxylic acids is 1. The first-order chi connectivity index (χ1) is 12.0. The lowest BCUT2D eigenvalue weighted by Crippen LogP contribution is -2.49. The first-order valence-electron chi connectivity index (χ1n) is 8.76. The van der Waals surface area contributed by atoms with Crippen LogP contribution in [-0.4, -0.2) is 29.5 Å².